The summed E-state index contributed by atoms with van der Waals surface area (Å²) < 4.78 is 11.3. The van der Waals surface area contributed by atoms with Gasteiger partial charge in [-0.25, -0.2) is 9.59 Å². The minimum absolute atomic E-state index is 0.0786. The number of carboxylic acids is 1. The van der Waals surface area contributed by atoms with Crippen LogP contribution >= 0.6 is 0 Å². The molecule has 1 aliphatic carbocycles. The number of methoxy groups -OCH3 is 1. The van der Waals surface area contributed by atoms with Gasteiger partial charge in [0.1, 0.15) is 23.8 Å². The number of aliphatic carboxylic acids is 1. The molecule has 3 rings (SSSR count). The Bertz CT molecular complexity index is 831. The van der Waals surface area contributed by atoms with Gasteiger partial charge in [0.25, 0.3) is 0 Å². The summed E-state index contributed by atoms with van der Waals surface area (Å²) in [6.45, 7) is 5.57. The molecular formula is C24H34N2O6. The number of alkyl carbamates (subject to hydrolysis) is 1. The zero-order valence-corrected chi connectivity index (χ0v) is 19.3. The van der Waals surface area contributed by atoms with Crippen molar-refractivity contribution >= 4 is 18.0 Å². The molecule has 1 saturated carbocycles. The first-order chi connectivity index (χ1) is 15.1. The number of carbonyl (C=O) groups excluding carboxylic acids is 2. The fraction of sp³-hybridized carbons (Fsp3) is 0.625. The summed E-state index contributed by atoms with van der Waals surface area (Å²) in [6, 6.07) is 7.31. The lowest BCUT2D eigenvalue weighted by Crippen LogP contribution is -2.57. The maximum absolute atomic E-state index is 13.7. The van der Waals surface area contributed by atoms with E-state index in [9.17, 15) is 19.5 Å². The molecule has 2 fully saturated rings. The molecule has 3 atom stereocenters. The largest absolute Gasteiger partial charge is 0.480 e. The maximum atomic E-state index is 13.7. The van der Waals surface area contributed by atoms with Crippen LogP contribution in [0.4, 0.5) is 4.79 Å². The molecule has 0 radical (unpaired) electrons. The van der Waals surface area contributed by atoms with Crippen molar-refractivity contribution in [3.8, 4) is 0 Å². The molecule has 2 N–H and O–H groups in total. The van der Waals surface area contributed by atoms with E-state index in [0.717, 1.165) is 31.2 Å². The number of amides is 2. The molecular weight excluding hydrogens is 412 g/mol. The highest BCUT2D eigenvalue weighted by Crippen LogP contribution is 2.40. The fourth-order valence-electron chi connectivity index (χ4n) is 4.67. The monoisotopic (exact) mass is 446 g/mol. The minimum atomic E-state index is -1.10. The van der Waals surface area contributed by atoms with Gasteiger partial charge in [0.2, 0.25) is 5.91 Å². The zero-order valence-electron chi connectivity index (χ0n) is 19.3. The van der Waals surface area contributed by atoms with Crippen LogP contribution in [0, 0.1) is 5.41 Å². The third kappa shape index (κ3) is 5.06. The van der Waals surface area contributed by atoms with E-state index in [1.807, 2.05) is 51.1 Å². The smallest absolute Gasteiger partial charge is 0.408 e. The molecule has 1 aromatic carbocycles. The summed E-state index contributed by atoms with van der Waals surface area (Å²) in [5.74, 6) is -1.56. The van der Waals surface area contributed by atoms with E-state index in [2.05, 4.69) is 5.32 Å². The average Bonchev–Trinajstić information content (AvgIpc) is 3.40. The standard InChI is InChI=1S/C24H34N2O6/c1-23(2,3)19(25-22(30)32-17-12-8-9-13-17)20(27)26-15-24(31-4,14-18(26)21(28)29)16-10-6-5-7-11-16/h5-7,10-11,17-19H,8-9,12-15H2,1-4H3,(H,25,30)(H,28,29)/t18-,19+,24-/m0/s1. The number of carbonyl (C=O) groups is 3. The lowest BCUT2D eigenvalue weighted by Gasteiger charge is -2.35. The van der Waals surface area contributed by atoms with E-state index in [1.54, 1.807) is 0 Å². The van der Waals surface area contributed by atoms with Crippen LogP contribution in [0.5, 0.6) is 0 Å². The number of rotatable bonds is 6. The fourth-order valence-corrected chi connectivity index (χ4v) is 4.67. The lowest BCUT2D eigenvalue weighted by atomic mass is 9.85. The summed E-state index contributed by atoms with van der Waals surface area (Å²) in [7, 11) is 1.53. The quantitative estimate of drug-likeness (QED) is 0.695. The van der Waals surface area contributed by atoms with Crippen LogP contribution in [-0.4, -0.2) is 59.8 Å². The number of benzene rings is 1. The molecule has 0 spiro atoms. The second kappa shape index (κ2) is 9.48. The minimum Gasteiger partial charge on any atom is -0.480 e. The normalized spacial score (nSPS) is 24.9. The summed E-state index contributed by atoms with van der Waals surface area (Å²) >= 11 is 0. The molecule has 2 aliphatic rings. The van der Waals surface area contributed by atoms with Crippen molar-refractivity contribution in [3.63, 3.8) is 0 Å². The lowest BCUT2D eigenvalue weighted by molar-refractivity contribution is -0.150. The van der Waals surface area contributed by atoms with Crippen LogP contribution in [-0.2, 0) is 24.7 Å². The van der Waals surface area contributed by atoms with Crippen molar-refractivity contribution in [2.75, 3.05) is 13.7 Å². The van der Waals surface area contributed by atoms with E-state index < -0.39 is 41.1 Å². The molecule has 2 amide bonds. The first-order valence-electron chi connectivity index (χ1n) is 11.2. The van der Waals surface area contributed by atoms with Gasteiger partial charge < -0.3 is 24.8 Å². The molecule has 0 bridgehead atoms. The number of carboxylic acid groups (broad SMARTS) is 1. The molecule has 0 unspecified atom stereocenters. The van der Waals surface area contributed by atoms with Gasteiger partial charge in [0, 0.05) is 13.5 Å². The Kier molecular flexibility index (Phi) is 7.12. The Morgan fingerprint density at radius 3 is 2.31 bits per heavy atom. The third-order valence-electron chi connectivity index (χ3n) is 6.53. The first-order valence-corrected chi connectivity index (χ1v) is 11.2. The topological polar surface area (TPSA) is 105 Å². The van der Waals surface area contributed by atoms with Gasteiger partial charge >= 0.3 is 12.1 Å². The SMILES string of the molecule is CO[C@@]1(c2ccccc2)C[C@@H](C(=O)O)N(C(=O)[C@@H](NC(=O)OC2CCCC2)C(C)(C)C)C1. The first kappa shape index (κ1) is 24.0. The van der Waals surface area contributed by atoms with Crippen molar-refractivity contribution in [1.29, 1.82) is 0 Å². The van der Waals surface area contributed by atoms with Crippen LogP contribution in [0.3, 0.4) is 0 Å². The molecule has 1 heterocycles. The second-order valence-electron chi connectivity index (χ2n) is 9.84. The van der Waals surface area contributed by atoms with Crippen molar-refractivity contribution in [2.45, 2.75) is 76.7 Å². The van der Waals surface area contributed by atoms with E-state index in [1.165, 1.54) is 12.0 Å². The number of hydrogen-bond donors (Lipinski definition) is 2. The summed E-state index contributed by atoms with van der Waals surface area (Å²) in [6.07, 6.45) is 3.03. The molecule has 32 heavy (non-hydrogen) atoms. The highest BCUT2D eigenvalue weighted by Gasteiger charge is 2.52. The van der Waals surface area contributed by atoms with Crippen LogP contribution in [0.25, 0.3) is 0 Å². The highest BCUT2D eigenvalue weighted by atomic mass is 16.6. The van der Waals surface area contributed by atoms with Gasteiger partial charge in [0.15, 0.2) is 0 Å². The molecule has 1 aliphatic heterocycles. The Morgan fingerprint density at radius 2 is 1.78 bits per heavy atom. The summed E-state index contributed by atoms with van der Waals surface area (Å²) in [5, 5.41) is 12.6. The Balaban J connectivity index is 1.85. The van der Waals surface area contributed by atoms with Crippen LogP contribution < -0.4 is 5.32 Å². The van der Waals surface area contributed by atoms with Crippen LogP contribution in [0.15, 0.2) is 30.3 Å². The van der Waals surface area contributed by atoms with Crippen LogP contribution in [0.1, 0.15) is 58.4 Å². The molecule has 1 saturated heterocycles. The van der Waals surface area contributed by atoms with E-state index in [4.69, 9.17) is 9.47 Å². The highest BCUT2D eigenvalue weighted by molar-refractivity contribution is 5.90. The van der Waals surface area contributed by atoms with Gasteiger partial charge in [-0.05, 0) is 36.7 Å². The van der Waals surface area contributed by atoms with Crippen LogP contribution in [0.2, 0.25) is 0 Å². The van der Waals surface area contributed by atoms with Gasteiger partial charge in [-0.2, -0.15) is 0 Å². The Hall–Kier alpha value is -2.61. The predicted octanol–water partition coefficient (Wildman–Crippen LogP) is 3.30. The van der Waals surface area contributed by atoms with Gasteiger partial charge in [-0.15, -0.1) is 0 Å². The van der Waals surface area contributed by atoms with Crippen molar-refractivity contribution in [2.24, 2.45) is 5.41 Å². The molecule has 8 heteroatoms. The number of nitrogens with one attached hydrogen (secondary N) is 1. The number of likely N-dealkylation sites (tertiary alicyclic amines) is 1. The molecule has 8 nitrogen and oxygen atoms in total. The predicted molar refractivity (Wildman–Crippen MR) is 118 cm³/mol. The number of nitrogens with zero attached hydrogens (tertiary/aromatic N) is 1. The summed E-state index contributed by atoms with van der Waals surface area (Å²) in [4.78, 5) is 39.6. The van der Waals surface area contributed by atoms with Crippen molar-refractivity contribution in [1.82, 2.24) is 10.2 Å². The van der Waals surface area contributed by atoms with Crippen molar-refractivity contribution < 1.29 is 29.0 Å². The van der Waals surface area contributed by atoms with Gasteiger partial charge in [0.05, 0.1) is 6.54 Å². The zero-order chi connectivity index (χ0) is 23.5. The average molecular weight is 447 g/mol. The maximum Gasteiger partial charge on any atom is 0.408 e. The molecule has 176 valence electrons. The number of ether oxygens (including phenoxy) is 2. The van der Waals surface area contributed by atoms with E-state index >= 15 is 0 Å². The molecule has 0 aromatic heterocycles. The van der Waals surface area contributed by atoms with Gasteiger partial charge in [-0.1, -0.05) is 51.1 Å². The van der Waals surface area contributed by atoms with E-state index in [-0.39, 0.29) is 19.1 Å². The third-order valence-corrected chi connectivity index (χ3v) is 6.53. The van der Waals surface area contributed by atoms with E-state index in [0.29, 0.717) is 0 Å². The van der Waals surface area contributed by atoms with Crippen molar-refractivity contribution in [3.05, 3.63) is 35.9 Å². The summed E-state index contributed by atoms with van der Waals surface area (Å²) in [5.41, 5.74) is -0.780. The number of hydrogen-bond acceptors (Lipinski definition) is 5. The molecule has 1 aromatic rings. The second-order valence-corrected chi connectivity index (χ2v) is 9.84. The Labute approximate surface area is 189 Å². The van der Waals surface area contributed by atoms with Gasteiger partial charge in [-0.3, -0.25) is 4.79 Å². The Morgan fingerprint density at radius 1 is 1.16 bits per heavy atom.